The first-order valence-corrected chi connectivity index (χ1v) is 13.5. The number of anilines is 1. The lowest BCUT2D eigenvalue weighted by Crippen LogP contribution is -2.51. The Morgan fingerprint density at radius 1 is 1.06 bits per heavy atom. The molecule has 35 heavy (non-hydrogen) atoms. The second kappa shape index (κ2) is 12.5. The zero-order valence-corrected chi connectivity index (χ0v) is 21.9. The second-order valence-corrected chi connectivity index (χ2v) is 10.6. The summed E-state index contributed by atoms with van der Waals surface area (Å²) in [7, 11) is -3.86. The van der Waals surface area contributed by atoms with Gasteiger partial charge in [0, 0.05) is 18.7 Å². The Labute approximate surface area is 208 Å². The fourth-order valence-corrected chi connectivity index (χ4v) is 4.42. The minimum Gasteiger partial charge on any atom is -0.354 e. The van der Waals surface area contributed by atoms with Gasteiger partial charge < -0.3 is 10.2 Å². The highest BCUT2D eigenvalue weighted by Crippen LogP contribution is 2.21. The van der Waals surface area contributed by atoms with E-state index in [1.54, 1.807) is 19.1 Å². The number of benzene rings is 2. The second-order valence-electron chi connectivity index (χ2n) is 8.64. The molecule has 9 heteroatoms. The van der Waals surface area contributed by atoms with Crippen molar-refractivity contribution in [3.8, 4) is 0 Å². The van der Waals surface area contributed by atoms with Crippen LogP contribution >= 0.6 is 0 Å². The van der Waals surface area contributed by atoms with Crippen molar-refractivity contribution in [1.29, 1.82) is 0 Å². The molecule has 0 aliphatic heterocycles. The Morgan fingerprint density at radius 3 is 2.34 bits per heavy atom. The highest BCUT2D eigenvalue weighted by molar-refractivity contribution is 7.92. The van der Waals surface area contributed by atoms with E-state index in [1.807, 2.05) is 38.1 Å². The molecule has 0 aliphatic rings. The lowest BCUT2D eigenvalue weighted by atomic mass is 10.1. The summed E-state index contributed by atoms with van der Waals surface area (Å²) in [6, 6.07) is 12.9. The van der Waals surface area contributed by atoms with Gasteiger partial charge in [0.15, 0.2) is 5.78 Å². The van der Waals surface area contributed by atoms with Gasteiger partial charge in [0.25, 0.3) is 0 Å². The molecule has 1 atom stereocenters. The van der Waals surface area contributed by atoms with Crippen molar-refractivity contribution in [3.63, 3.8) is 0 Å². The van der Waals surface area contributed by atoms with Crippen LogP contribution in [0.25, 0.3) is 0 Å². The lowest BCUT2D eigenvalue weighted by Gasteiger charge is -2.32. The molecule has 0 aliphatic carbocycles. The fourth-order valence-electron chi connectivity index (χ4n) is 3.58. The number of ketones is 1. The normalized spacial score (nSPS) is 12.0. The monoisotopic (exact) mass is 501 g/mol. The maximum absolute atomic E-state index is 13.6. The van der Waals surface area contributed by atoms with E-state index in [-0.39, 0.29) is 23.9 Å². The number of rotatable bonds is 12. The van der Waals surface area contributed by atoms with E-state index in [1.165, 1.54) is 24.0 Å². The first kappa shape index (κ1) is 28.0. The van der Waals surface area contributed by atoms with E-state index in [9.17, 15) is 22.8 Å². The van der Waals surface area contributed by atoms with Crippen LogP contribution in [0.3, 0.4) is 0 Å². The number of unbranched alkanes of at least 4 members (excludes halogenated alkanes) is 1. The van der Waals surface area contributed by atoms with Crippen molar-refractivity contribution in [2.75, 3.05) is 23.7 Å². The molecule has 1 unspecified atom stereocenters. The molecule has 0 saturated heterocycles. The molecule has 0 spiro atoms. The smallest absolute Gasteiger partial charge is 0.244 e. The molecule has 190 valence electrons. The Hall–Kier alpha value is -3.20. The van der Waals surface area contributed by atoms with Gasteiger partial charge in [0.2, 0.25) is 21.8 Å². The summed E-state index contributed by atoms with van der Waals surface area (Å²) in [4.78, 5) is 39.6. The van der Waals surface area contributed by atoms with E-state index < -0.39 is 28.5 Å². The van der Waals surface area contributed by atoms with Gasteiger partial charge in [-0.2, -0.15) is 0 Å². The van der Waals surface area contributed by atoms with Gasteiger partial charge in [-0.25, -0.2) is 8.42 Å². The summed E-state index contributed by atoms with van der Waals surface area (Å²) < 4.78 is 26.3. The molecule has 8 nitrogen and oxygen atoms in total. The first-order chi connectivity index (χ1) is 16.5. The van der Waals surface area contributed by atoms with Gasteiger partial charge >= 0.3 is 0 Å². The van der Waals surface area contributed by atoms with Crippen molar-refractivity contribution < 1.29 is 22.8 Å². The predicted octanol–water partition coefficient (Wildman–Crippen LogP) is 3.30. The maximum Gasteiger partial charge on any atom is 0.244 e. The third-order valence-corrected chi connectivity index (χ3v) is 6.96. The van der Waals surface area contributed by atoms with Crippen LogP contribution in [0.1, 0.15) is 55.1 Å². The van der Waals surface area contributed by atoms with Gasteiger partial charge in [0.1, 0.15) is 12.6 Å². The average molecular weight is 502 g/mol. The summed E-state index contributed by atoms with van der Waals surface area (Å²) in [5.41, 5.74) is 2.37. The van der Waals surface area contributed by atoms with Crippen LogP contribution in [0, 0.1) is 6.92 Å². The molecule has 2 amide bonds. The quantitative estimate of drug-likeness (QED) is 0.355. The van der Waals surface area contributed by atoms with Gasteiger partial charge in [-0.15, -0.1) is 0 Å². The van der Waals surface area contributed by atoms with Gasteiger partial charge in [-0.3, -0.25) is 18.7 Å². The predicted molar refractivity (Wildman–Crippen MR) is 138 cm³/mol. The van der Waals surface area contributed by atoms with Crippen LogP contribution in [0.2, 0.25) is 0 Å². The molecule has 0 saturated carbocycles. The SMILES string of the molecule is CCCCNC(=O)C(C)N(Cc1ccccc1C)C(=O)CN(c1cccc(C(C)=O)c1)S(C)(=O)=O. The van der Waals surface area contributed by atoms with Crippen LogP contribution in [0.15, 0.2) is 48.5 Å². The molecule has 1 N–H and O–H groups in total. The number of hydrogen-bond acceptors (Lipinski definition) is 5. The summed E-state index contributed by atoms with van der Waals surface area (Å²) in [5, 5.41) is 2.85. The van der Waals surface area contributed by atoms with Crippen LogP contribution in [-0.2, 0) is 26.2 Å². The van der Waals surface area contributed by atoms with Crippen LogP contribution in [0.5, 0.6) is 0 Å². The maximum atomic E-state index is 13.6. The molecule has 2 aromatic carbocycles. The number of Topliss-reactive ketones (excluding diaryl/α,β-unsaturated/α-hetero) is 1. The molecule has 2 aromatic rings. The number of carbonyl (C=O) groups excluding carboxylic acids is 3. The largest absolute Gasteiger partial charge is 0.354 e. The zero-order chi connectivity index (χ0) is 26.2. The summed E-state index contributed by atoms with van der Waals surface area (Å²) in [5.74, 6) is -1.04. The van der Waals surface area contributed by atoms with E-state index in [0.717, 1.165) is 34.5 Å². The topological polar surface area (TPSA) is 104 Å². The first-order valence-electron chi connectivity index (χ1n) is 11.7. The van der Waals surface area contributed by atoms with E-state index in [0.29, 0.717) is 12.1 Å². The number of carbonyl (C=O) groups is 3. The minimum absolute atomic E-state index is 0.152. The lowest BCUT2D eigenvalue weighted by molar-refractivity contribution is -0.139. The van der Waals surface area contributed by atoms with Crippen molar-refractivity contribution in [2.45, 2.75) is 53.1 Å². The van der Waals surface area contributed by atoms with Gasteiger partial charge in [0.05, 0.1) is 11.9 Å². The molecule has 0 heterocycles. The summed E-state index contributed by atoms with van der Waals surface area (Å²) >= 11 is 0. The molecule has 0 radical (unpaired) electrons. The number of aryl methyl sites for hydroxylation is 1. The molecule has 0 aromatic heterocycles. The summed E-state index contributed by atoms with van der Waals surface area (Å²) in [6.07, 6.45) is 2.75. The highest BCUT2D eigenvalue weighted by atomic mass is 32.2. The number of sulfonamides is 1. The minimum atomic E-state index is -3.86. The average Bonchev–Trinajstić information content (AvgIpc) is 2.80. The standard InChI is InChI=1S/C26H35N3O5S/c1-6-7-15-27-26(32)20(3)28(17-23-12-9-8-11-19(23)2)25(31)18-29(35(5,33)34)24-14-10-13-22(16-24)21(4)30/h8-14,16,20H,6-7,15,17-18H2,1-5H3,(H,27,32). The number of hydrogen-bond donors (Lipinski definition) is 1. The molecule has 0 fully saturated rings. The molecular weight excluding hydrogens is 466 g/mol. The van der Waals surface area contributed by atoms with Crippen molar-refractivity contribution in [2.24, 2.45) is 0 Å². The molecular formula is C26H35N3O5S. The van der Waals surface area contributed by atoms with Crippen LogP contribution in [0.4, 0.5) is 5.69 Å². The van der Waals surface area contributed by atoms with Crippen molar-refractivity contribution in [3.05, 3.63) is 65.2 Å². The number of nitrogens with one attached hydrogen (secondary N) is 1. The Morgan fingerprint density at radius 2 is 1.74 bits per heavy atom. The summed E-state index contributed by atoms with van der Waals surface area (Å²) in [6.45, 7) is 7.11. The Balaban J connectivity index is 2.40. The van der Waals surface area contributed by atoms with Crippen LogP contribution in [-0.4, -0.2) is 56.3 Å². The third-order valence-electron chi connectivity index (χ3n) is 5.82. The number of amides is 2. The molecule has 0 bridgehead atoms. The van der Waals surface area contributed by atoms with E-state index >= 15 is 0 Å². The van der Waals surface area contributed by atoms with Crippen LogP contribution < -0.4 is 9.62 Å². The van der Waals surface area contributed by atoms with E-state index in [4.69, 9.17) is 0 Å². The van der Waals surface area contributed by atoms with Crippen molar-refractivity contribution in [1.82, 2.24) is 10.2 Å². The van der Waals surface area contributed by atoms with E-state index in [2.05, 4.69) is 5.32 Å². The van der Waals surface area contributed by atoms with Gasteiger partial charge in [-0.05, 0) is 50.5 Å². The third kappa shape index (κ3) is 7.92. The Kier molecular flexibility index (Phi) is 10.0. The Bertz CT molecular complexity index is 1160. The zero-order valence-electron chi connectivity index (χ0n) is 21.1. The highest BCUT2D eigenvalue weighted by Gasteiger charge is 2.30. The van der Waals surface area contributed by atoms with Crippen molar-refractivity contribution >= 4 is 33.3 Å². The van der Waals surface area contributed by atoms with Gasteiger partial charge in [-0.1, -0.05) is 49.7 Å². The number of nitrogens with zero attached hydrogens (tertiary/aromatic N) is 2. The molecule has 2 rings (SSSR count). The fraction of sp³-hybridized carbons (Fsp3) is 0.423.